The SMILES string of the molecule is Nc1ccc(C(O)CNCC2CCc3cc(C(=O)NCC(=O)O)ccc3O2)cn1. The van der Waals surface area contributed by atoms with Crippen LogP contribution in [0.15, 0.2) is 36.5 Å². The smallest absolute Gasteiger partial charge is 0.322 e. The van der Waals surface area contributed by atoms with Crippen LogP contribution in [0.25, 0.3) is 0 Å². The number of hydrogen-bond donors (Lipinski definition) is 5. The predicted octanol–water partition coefficient (Wildman–Crippen LogP) is 0.495. The number of aliphatic carboxylic acids is 1. The maximum atomic E-state index is 12.0. The molecule has 1 aliphatic rings. The number of pyridine rings is 1. The average Bonchev–Trinajstić information content (AvgIpc) is 2.72. The van der Waals surface area contributed by atoms with Crippen molar-refractivity contribution in [1.29, 1.82) is 0 Å². The standard InChI is InChI=1S/C20H24N4O5/c21-18-6-3-14(8-23-18)16(25)10-22-9-15-4-1-12-7-13(2-5-17(12)29-15)20(28)24-11-19(26)27/h2-3,5-8,15-16,22,25H,1,4,9-11H2,(H2,21,23)(H,24,28)(H,26,27). The van der Waals surface area contributed by atoms with Gasteiger partial charge in [-0.25, -0.2) is 4.98 Å². The molecule has 0 fully saturated rings. The molecule has 1 aromatic carbocycles. The van der Waals surface area contributed by atoms with Crippen molar-refractivity contribution in [3.05, 3.63) is 53.2 Å². The van der Waals surface area contributed by atoms with Gasteiger partial charge in [-0.05, 0) is 42.7 Å². The molecule has 2 heterocycles. The topological polar surface area (TPSA) is 147 Å². The molecule has 0 spiro atoms. The number of carboxylic acids is 1. The van der Waals surface area contributed by atoms with Gasteiger partial charge < -0.3 is 31.3 Å². The highest BCUT2D eigenvalue weighted by atomic mass is 16.5. The van der Waals surface area contributed by atoms with Gasteiger partial charge in [-0.1, -0.05) is 6.07 Å². The Bertz CT molecular complexity index is 872. The van der Waals surface area contributed by atoms with Crippen molar-refractivity contribution in [1.82, 2.24) is 15.6 Å². The van der Waals surface area contributed by atoms with E-state index in [0.717, 1.165) is 18.4 Å². The van der Waals surface area contributed by atoms with Crippen LogP contribution in [-0.2, 0) is 11.2 Å². The lowest BCUT2D eigenvalue weighted by Gasteiger charge is -2.27. The molecule has 0 radical (unpaired) electrons. The van der Waals surface area contributed by atoms with E-state index in [4.69, 9.17) is 15.6 Å². The molecule has 29 heavy (non-hydrogen) atoms. The van der Waals surface area contributed by atoms with Crippen LogP contribution in [-0.4, -0.2) is 52.8 Å². The molecule has 3 rings (SSSR count). The quantitative estimate of drug-likeness (QED) is 0.430. The molecule has 1 aliphatic heterocycles. The van der Waals surface area contributed by atoms with E-state index in [1.165, 1.54) is 0 Å². The van der Waals surface area contributed by atoms with Gasteiger partial charge in [-0.2, -0.15) is 0 Å². The summed E-state index contributed by atoms with van der Waals surface area (Å²) in [5, 5.41) is 24.4. The molecule has 2 atom stereocenters. The molecule has 0 bridgehead atoms. The Morgan fingerprint density at radius 1 is 1.31 bits per heavy atom. The zero-order valence-corrected chi connectivity index (χ0v) is 15.8. The number of ether oxygens (including phenoxy) is 1. The van der Waals surface area contributed by atoms with Crippen molar-refractivity contribution in [2.45, 2.75) is 25.0 Å². The summed E-state index contributed by atoms with van der Waals surface area (Å²) in [5.74, 6) is -0.398. The number of anilines is 1. The number of carbonyl (C=O) groups excluding carboxylic acids is 1. The zero-order valence-electron chi connectivity index (χ0n) is 15.8. The Balaban J connectivity index is 1.49. The summed E-state index contributed by atoms with van der Waals surface area (Å²) in [4.78, 5) is 26.5. The van der Waals surface area contributed by atoms with E-state index >= 15 is 0 Å². The number of hydrogen-bond acceptors (Lipinski definition) is 7. The summed E-state index contributed by atoms with van der Waals surface area (Å²) < 4.78 is 5.97. The molecule has 154 valence electrons. The number of nitrogen functional groups attached to an aromatic ring is 1. The number of benzene rings is 1. The minimum Gasteiger partial charge on any atom is -0.489 e. The Kier molecular flexibility index (Phi) is 6.63. The molecular weight excluding hydrogens is 376 g/mol. The van der Waals surface area contributed by atoms with Crippen LogP contribution in [0.5, 0.6) is 5.75 Å². The highest BCUT2D eigenvalue weighted by molar-refractivity contribution is 5.96. The van der Waals surface area contributed by atoms with E-state index in [-0.39, 0.29) is 6.10 Å². The summed E-state index contributed by atoms with van der Waals surface area (Å²) in [7, 11) is 0. The van der Waals surface area contributed by atoms with Gasteiger partial charge in [-0.3, -0.25) is 9.59 Å². The number of aliphatic hydroxyl groups is 1. The summed E-state index contributed by atoms with van der Waals surface area (Å²) >= 11 is 0. The molecule has 9 nitrogen and oxygen atoms in total. The van der Waals surface area contributed by atoms with Crippen molar-refractivity contribution in [3.8, 4) is 5.75 Å². The zero-order chi connectivity index (χ0) is 20.8. The van der Waals surface area contributed by atoms with Crippen LogP contribution in [0.1, 0.15) is 34.0 Å². The first kappa shape index (κ1) is 20.6. The number of fused-ring (bicyclic) bond motifs is 1. The Morgan fingerprint density at radius 2 is 2.14 bits per heavy atom. The lowest BCUT2D eigenvalue weighted by molar-refractivity contribution is -0.135. The molecule has 1 amide bonds. The average molecular weight is 400 g/mol. The first-order valence-corrected chi connectivity index (χ1v) is 9.32. The molecule has 2 unspecified atom stereocenters. The highest BCUT2D eigenvalue weighted by Gasteiger charge is 2.21. The van der Waals surface area contributed by atoms with Crippen LogP contribution in [0.4, 0.5) is 5.82 Å². The second-order valence-electron chi connectivity index (χ2n) is 6.87. The van der Waals surface area contributed by atoms with E-state index in [2.05, 4.69) is 15.6 Å². The largest absolute Gasteiger partial charge is 0.489 e. The third kappa shape index (κ3) is 5.66. The molecule has 1 aromatic heterocycles. The van der Waals surface area contributed by atoms with Crippen molar-refractivity contribution in [3.63, 3.8) is 0 Å². The van der Waals surface area contributed by atoms with Crippen LogP contribution < -0.4 is 21.1 Å². The third-order valence-corrected chi connectivity index (χ3v) is 4.66. The van der Waals surface area contributed by atoms with E-state index in [1.54, 1.807) is 36.5 Å². The van der Waals surface area contributed by atoms with E-state index in [0.29, 0.717) is 35.8 Å². The number of nitrogens with two attached hydrogens (primary N) is 1. The van der Waals surface area contributed by atoms with Crippen molar-refractivity contribution in [2.24, 2.45) is 0 Å². The fourth-order valence-electron chi connectivity index (χ4n) is 3.10. The third-order valence-electron chi connectivity index (χ3n) is 4.66. The molecular formula is C20H24N4O5. The maximum Gasteiger partial charge on any atom is 0.322 e. The number of aryl methyl sites for hydroxylation is 1. The van der Waals surface area contributed by atoms with Crippen LogP contribution >= 0.6 is 0 Å². The fraction of sp³-hybridized carbons (Fsp3) is 0.350. The first-order valence-electron chi connectivity index (χ1n) is 9.32. The highest BCUT2D eigenvalue weighted by Crippen LogP contribution is 2.28. The van der Waals surface area contributed by atoms with Crippen LogP contribution in [0.2, 0.25) is 0 Å². The van der Waals surface area contributed by atoms with E-state index < -0.39 is 24.5 Å². The minimum absolute atomic E-state index is 0.0501. The molecule has 0 saturated heterocycles. The monoisotopic (exact) mass is 400 g/mol. The van der Waals surface area contributed by atoms with Gasteiger partial charge in [0.1, 0.15) is 24.2 Å². The summed E-state index contributed by atoms with van der Waals surface area (Å²) in [6.07, 6.45) is 2.32. The number of aliphatic hydroxyl groups excluding tert-OH is 1. The van der Waals surface area contributed by atoms with Crippen LogP contribution in [0.3, 0.4) is 0 Å². The van der Waals surface area contributed by atoms with E-state index in [1.807, 2.05) is 0 Å². The summed E-state index contributed by atoms with van der Waals surface area (Å²) in [6.45, 7) is 0.513. The fourth-order valence-corrected chi connectivity index (χ4v) is 3.10. The number of rotatable bonds is 8. The predicted molar refractivity (Wildman–Crippen MR) is 106 cm³/mol. The number of carboxylic acid groups (broad SMARTS) is 1. The number of nitrogens with zero attached hydrogens (tertiary/aromatic N) is 1. The maximum absolute atomic E-state index is 12.0. The number of amides is 1. The molecule has 0 saturated carbocycles. The van der Waals surface area contributed by atoms with Crippen molar-refractivity contribution in [2.75, 3.05) is 25.4 Å². The van der Waals surface area contributed by atoms with Crippen LogP contribution in [0, 0.1) is 0 Å². The summed E-state index contributed by atoms with van der Waals surface area (Å²) in [5.41, 5.74) is 7.56. The van der Waals surface area contributed by atoms with Gasteiger partial charge in [0.15, 0.2) is 0 Å². The Morgan fingerprint density at radius 3 is 2.86 bits per heavy atom. The normalized spacial score (nSPS) is 16.4. The van der Waals surface area contributed by atoms with Gasteiger partial charge in [-0.15, -0.1) is 0 Å². The van der Waals surface area contributed by atoms with E-state index in [9.17, 15) is 14.7 Å². The van der Waals surface area contributed by atoms with Gasteiger partial charge in [0, 0.05) is 30.4 Å². The molecule has 9 heteroatoms. The lowest BCUT2D eigenvalue weighted by Crippen LogP contribution is -2.36. The van der Waals surface area contributed by atoms with Gasteiger partial charge in [0.05, 0.1) is 6.10 Å². The van der Waals surface area contributed by atoms with Gasteiger partial charge in [0.2, 0.25) is 0 Å². The number of nitrogens with one attached hydrogen (secondary N) is 2. The molecule has 2 aromatic rings. The van der Waals surface area contributed by atoms with Crippen molar-refractivity contribution < 1.29 is 24.5 Å². The van der Waals surface area contributed by atoms with Crippen molar-refractivity contribution >= 4 is 17.7 Å². The van der Waals surface area contributed by atoms with Gasteiger partial charge in [0.25, 0.3) is 5.91 Å². The molecule has 6 N–H and O–H groups in total. The lowest BCUT2D eigenvalue weighted by atomic mass is 9.99. The Hall–Kier alpha value is -3.17. The van der Waals surface area contributed by atoms with Gasteiger partial charge >= 0.3 is 5.97 Å². The first-order chi connectivity index (χ1) is 13.9. The minimum atomic E-state index is -1.09. The molecule has 0 aliphatic carbocycles. The second kappa shape index (κ2) is 9.35. The Labute approximate surface area is 167 Å². The second-order valence-corrected chi connectivity index (χ2v) is 6.87. The summed E-state index contributed by atoms with van der Waals surface area (Å²) in [6, 6.07) is 8.46. The number of carbonyl (C=O) groups is 2. The number of aromatic nitrogens is 1.